The molecule has 0 heterocycles. The maximum atomic E-state index is 11.2. The van der Waals surface area contributed by atoms with E-state index in [1.807, 2.05) is 12.1 Å². The van der Waals surface area contributed by atoms with Crippen LogP contribution in [0.4, 0.5) is 0 Å². The van der Waals surface area contributed by atoms with Gasteiger partial charge in [-0.15, -0.1) is 9.24 Å². The van der Waals surface area contributed by atoms with E-state index in [1.54, 1.807) is 6.08 Å². The lowest BCUT2D eigenvalue weighted by Gasteiger charge is -2.28. The Labute approximate surface area is 130 Å². The molecule has 1 atom stereocenters. The molecular formula is C18H25O2P. The highest BCUT2D eigenvalue weighted by molar-refractivity contribution is 7.17. The van der Waals surface area contributed by atoms with Gasteiger partial charge in [0.2, 0.25) is 0 Å². The van der Waals surface area contributed by atoms with Crippen molar-refractivity contribution in [1.29, 1.82) is 0 Å². The number of aldehydes is 1. The summed E-state index contributed by atoms with van der Waals surface area (Å²) in [4.78, 5) is 11.2. The molecule has 3 heteroatoms. The molecule has 2 rings (SSSR count). The number of carbonyl (C=O) groups excluding carboxylic acids is 1. The summed E-state index contributed by atoms with van der Waals surface area (Å²) in [6.45, 7) is 8.05. The highest BCUT2D eigenvalue weighted by atomic mass is 31.0. The Morgan fingerprint density at radius 2 is 1.90 bits per heavy atom. The second kappa shape index (κ2) is 7.22. The number of hydrogen-bond donors (Lipinski definition) is 0. The summed E-state index contributed by atoms with van der Waals surface area (Å²) in [5.41, 5.74) is 3.38. The molecule has 0 amide bonds. The molecule has 1 aromatic rings. The molecule has 1 saturated carbocycles. The Balaban J connectivity index is 2.28. The average Bonchev–Trinajstić information content (AvgIpc) is 2.48. The van der Waals surface area contributed by atoms with Crippen LogP contribution in [0.5, 0.6) is 5.75 Å². The Morgan fingerprint density at radius 1 is 1.24 bits per heavy atom. The van der Waals surface area contributed by atoms with Crippen LogP contribution in [0.2, 0.25) is 0 Å². The number of benzene rings is 1. The minimum Gasteiger partial charge on any atom is -0.490 e. The third kappa shape index (κ3) is 3.95. The van der Waals surface area contributed by atoms with Gasteiger partial charge in [-0.1, -0.05) is 26.5 Å². The van der Waals surface area contributed by atoms with Crippen LogP contribution in [0.1, 0.15) is 66.9 Å². The molecule has 1 unspecified atom stereocenters. The van der Waals surface area contributed by atoms with E-state index in [1.165, 1.54) is 12.8 Å². The normalized spacial score (nSPS) is 22.1. The lowest BCUT2D eigenvalue weighted by atomic mass is 9.94. The van der Waals surface area contributed by atoms with Crippen LogP contribution in [-0.2, 0) is 0 Å². The predicted octanol–water partition coefficient (Wildman–Crippen LogP) is 4.83. The summed E-state index contributed by atoms with van der Waals surface area (Å²) in [5, 5.41) is 0. The maximum absolute atomic E-state index is 11.2. The quantitative estimate of drug-likeness (QED) is 0.575. The fourth-order valence-corrected chi connectivity index (χ4v) is 3.23. The molecule has 1 aliphatic carbocycles. The van der Waals surface area contributed by atoms with Crippen molar-refractivity contribution in [3.05, 3.63) is 35.4 Å². The van der Waals surface area contributed by atoms with Crippen molar-refractivity contribution in [2.75, 3.05) is 0 Å². The molecule has 1 aliphatic rings. The van der Waals surface area contributed by atoms with Crippen molar-refractivity contribution in [2.24, 2.45) is 0 Å². The molecule has 1 fully saturated rings. The monoisotopic (exact) mass is 304 g/mol. The molecule has 0 bridgehead atoms. The number of rotatable bonds is 5. The van der Waals surface area contributed by atoms with Crippen molar-refractivity contribution >= 4 is 21.6 Å². The van der Waals surface area contributed by atoms with Gasteiger partial charge < -0.3 is 4.74 Å². The van der Waals surface area contributed by atoms with E-state index in [9.17, 15) is 4.79 Å². The molecule has 0 radical (unpaired) electrons. The van der Waals surface area contributed by atoms with E-state index in [0.29, 0.717) is 17.6 Å². The van der Waals surface area contributed by atoms with Gasteiger partial charge in [-0.05, 0) is 60.5 Å². The second-order valence-corrected chi connectivity index (χ2v) is 7.09. The Bertz CT molecular complexity index is 514. The van der Waals surface area contributed by atoms with E-state index < -0.39 is 0 Å². The first kappa shape index (κ1) is 16.2. The number of carbonyl (C=O) groups is 1. The van der Waals surface area contributed by atoms with Gasteiger partial charge in [-0.25, -0.2) is 0 Å². The highest BCUT2D eigenvalue weighted by Gasteiger charge is 2.21. The first-order valence-corrected chi connectivity index (χ1v) is 8.39. The summed E-state index contributed by atoms with van der Waals surface area (Å²) >= 11 is 0. The lowest BCUT2D eigenvalue weighted by Crippen LogP contribution is -2.24. The van der Waals surface area contributed by atoms with Gasteiger partial charge in [-0.3, -0.25) is 4.79 Å². The summed E-state index contributed by atoms with van der Waals surface area (Å²) in [5.74, 6) is 1.24. The summed E-state index contributed by atoms with van der Waals surface area (Å²) in [6, 6.07) is 3.92. The summed E-state index contributed by atoms with van der Waals surface area (Å²) in [7, 11) is 2.92. The molecule has 0 N–H and O–H groups in total. The molecule has 2 nitrogen and oxygen atoms in total. The van der Waals surface area contributed by atoms with Crippen molar-refractivity contribution in [2.45, 2.75) is 57.2 Å². The van der Waals surface area contributed by atoms with Gasteiger partial charge in [-0.2, -0.15) is 0 Å². The summed E-state index contributed by atoms with van der Waals surface area (Å²) in [6.07, 6.45) is 7.51. The van der Waals surface area contributed by atoms with Crippen LogP contribution in [0.3, 0.4) is 0 Å². The molecule has 1 aromatic carbocycles. The zero-order valence-corrected chi connectivity index (χ0v) is 14.1. The van der Waals surface area contributed by atoms with Crippen LogP contribution >= 0.6 is 9.24 Å². The molecule has 0 aliphatic heterocycles. The SMILES string of the molecule is C=Cc1cc(O[C@H]2CC[C@@H](P)CC2)c(C(C)C)cc1C=O. The van der Waals surface area contributed by atoms with Crippen molar-refractivity contribution < 1.29 is 9.53 Å². The molecule has 0 spiro atoms. The van der Waals surface area contributed by atoms with E-state index in [0.717, 1.165) is 41.7 Å². The largest absolute Gasteiger partial charge is 0.490 e. The topological polar surface area (TPSA) is 26.3 Å². The Kier molecular flexibility index (Phi) is 5.58. The average molecular weight is 304 g/mol. The zero-order chi connectivity index (χ0) is 15.4. The number of ether oxygens (including phenoxy) is 1. The van der Waals surface area contributed by atoms with Crippen LogP contribution in [-0.4, -0.2) is 18.0 Å². The molecule has 0 saturated heterocycles. The first-order chi connectivity index (χ1) is 10.0. The van der Waals surface area contributed by atoms with Gasteiger partial charge in [0.05, 0.1) is 6.10 Å². The van der Waals surface area contributed by atoms with E-state index >= 15 is 0 Å². The fourth-order valence-electron chi connectivity index (χ4n) is 2.85. The molecule has 114 valence electrons. The van der Waals surface area contributed by atoms with Crippen molar-refractivity contribution in [3.63, 3.8) is 0 Å². The lowest BCUT2D eigenvalue weighted by molar-refractivity contribution is 0.112. The summed E-state index contributed by atoms with van der Waals surface area (Å²) < 4.78 is 6.27. The molecule has 21 heavy (non-hydrogen) atoms. The second-order valence-electron chi connectivity index (χ2n) is 6.15. The van der Waals surface area contributed by atoms with Gasteiger partial charge in [0.25, 0.3) is 0 Å². The third-order valence-corrected chi connectivity index (χ3v) is 4.86. The molecular weight excluding hydrogens is 279 g/mol. The first-order valence-electron chi connectivity index (χ1n) is 7.73. The van der Waals surface area contributed by atoms with Crippen molar-refractivity contribution in [3.8, 4) is 5.75 Å². The van der Waals surface area contributed by atoms with Crippen molar-refractivity contribution in [1.82, 2.24) is 0 Å². The third-order valence-electron chi connectivity index (χ3n) is 4.20. The van der Waals surface area contributed by atoms with E-state index in [2.05, 4.69) is 29.7 Å². The maximum Gasteiger partial charge on any atom is 0.150 e. The van der Waals surface area contributed by atoms with Gasteiger partial charge >= 0.3 is 0 Å². The predicted molar refractivity (Wildman–Crippen MR) is 92.4 cm³/mol. The standard InChI is InChI=1S/C18H25O2P/c1-4-13-10-18(17(12(2)3)9-14(13)11-19)20-15-5-7-16(21)8-6-15/h4,9-12,15-16H,1,5-8,21H2,2-3H3/t15-,16+. The van der Waals surface area contributed by atoms with Gasteiger partial charge in [0, 0.05) is 5.56 Å². The molecule has 0 aromatic heterocycles. The van der Waals surface area contributed by atoms with Gasteiger partial charge in [0.1, 0.15) is 5.75 Å². The van der Waals surface area contributed by atoms with E-state index in [4.69, 9.17) is 4.74 Å². The fraction of sp³-hybridized carbons (Fsp3) is 0.500. The van der Waals surface area contributed by atoms with E-state index in [-0.39, 0.29) is 0 Å². The number of hydrogen-bond acceptors (Lipinski definition) is 2. The zero-order valence-electron chi connectivity index (χ0n) is 13.0. The van der Waals surface area contributed by atoms with Gasteiger partial charge in [0.15, 0.2) is 6.29 Å². The smallest absolute Gasteiger partial charge is 0.150 e. The highest BCUT2D eigenvalue weighted by Crippen LogP contribution is 2.34. The minimum absolute atomic E-state index is 0.291. The van der Waals surface area contributed by atoms with Crippen LogP contribution in [0.15, 0.2) is 18.7 Å². The Hall–Kier alpha value is -1.14. The van der Waals surface area contributed by atoms with Crippen LogP contribution in [0, 0.1) is 0 Å². The van der Waals surface area contributed by atoms with Crippen LogP contribution < -0.4 is 4.74 Å². The Morgan fingerprint density at radius 3 is 2.43 bits per heavy atom. The minimum atomic E-state index is 0.291. The van der Waals surface area contributed by atoms with Crippen LogP contribution in [0.25, 0.3) is 6.08 Å².